The van der Waals surface area contributed by atoms with Gasteiger partial charge in [-0.05, 0) is 68.1 Å². The van der Waals surface area contributed by atoms with Gasteiger partial charge in [0.2, 0.25) is 5.89 Å². The SMILES string of the molecule is CCc1cc(C)cc(-c2nc(-n3ccc(C4CC4)nc3=O)c(-c3ccc(Cl)c(F)c3)o2)n1. The van der Waals surface area contributed by atoms with Crippen molar-refractivity contribution in [3.05, 3.63) is 80.9 Å². The molecule has 5 rings (SSSR count). The highest BCUT2D eigenvalue weighted by Crippen LogP contribution is 2.38. The molecule has 6 nitrogen and oxygen atoms in total. The molecule has 162 valence electrons. The second-order valence-corrected chi connectivity index (χ2v) is 8.36. The maximum atomic E-state index is 14.2. The highest BCUT2D eigenvalue weighted by Gasteiger charge is 2.27. The molecule has 0 atom stereocenters. The molecule has 0 amide bonds. The summed E-state index contributed by atoms with van der Waals surface area (Å²) < 4.78 is 21.6. The van der Waals surface area contributed by atoms with Crippen molar-refractivity contribution in [1.82, 2.24) is 19.5 Å². The number of hydrogen-bond donors (Lipinski definition) is 0. The number of hydrogen-bond acceptors (Lipinski definition) is 5. The van der Waals surface area contributed by atoms with Gasteiger partial charge < -0.3 is 4.42 Å². The lowest BCUT2D eigenvalue weighted by Crippen LogP contribution is -2.22. The lowest BCUT2D eigenvalue weighted by Gasteiger charge is -2.05. The number of aryl methyl sites for hydroxylation is 2. The summed E-state index contributed by atoms with van der Waals surface area (Å²) in [7, 11) is 0. The zero-order valence-corrected chi connectivity index (χ0v) is 18.4. The van der Waals surface area contributed by atoms with Gasteiger partial charge in [0.05, 0.1) is 10.7 Å². The van der Waals surface area contributed by atoms with Gasteiger partial charge in [-0.25, -0.2) is 18.7 Å². The Morgan fingerprint density at radius 1 is 1.16 bits per heavy atom. The van der Waals surface area contributed by atoms with Crippen molar-refractivity contribution in [2.45, 2.75) is 39.0 Å². The van der Waals surface area contributed by atoms with E-state index in [1.165, 1.54) is 16.7 Å². The Morgan fingerprint density at radius 3 is 2.66 bits per heavy atom. The Hall–Kier alpha value is -3.32. The maximum Gasteiger partial charge on any atom is 0.353 e. The van der Waals surface area contributed by atoms with E-state index in [-0.39, 0.29) is 22.5 Å². The highest BCUT2D eigenvalue weighted by molar-refractivity contribution is 6.30. The van der Waals surface area contributed by atoms with Crippen LogP contribution in [-0.2, 0) is 6.42 Å². The minimum Gasteiger partial charge on any atom is -0.432 e. The van der Waals surface area contributed by atoms with E-state index in [0.29, 0.717) is 17.2 Å². The average Bonchev–Trinajstić information content (AvgIpc) is 3.54. The molecule has 1 fully saturated rings. The van der Waals surface area contributed by atoms with E-state index in [4.69, 9.17) is 16.0 Å². The first kappa shape index (κ1) is 20.6. The van der Waals surface area contributed by atoms with Crippen LogP contribution in [0.25, 0.3) is 28.7 Å². The van der Waals surface area contributed by atoms with Crippen molar-refractivity contribution in [3.63, 3.8) is 0 Å². The molecule has 32 heavy (non-hydrogen) atoms. The summed E-state index contributed by atoms with van der Waals surface area (Å²) in [4.78, 5) is 26.2. The zero-order valence-electron chi connectivity index (χ0n) is 17.6. The van der Waals surface area contributed by atoms with Gasteiger partial charge in [0.1, 0.15) is 11.5 Å². The van der Waals surface area contributed by atoms with Crippen LogP contribution in [0.1, 0.15) is 42.6 Å². The topological polar surface area (TPSA) is 73.8 Å². The van der Waals surface area contributed by atoms with Crippen LogP contribution in [-0.4, -0.2) is 19.5 Å². The van der Waals surface area contributed by atoms with Crippen molar-refractivity contribution in [2.24, 2.45) is 0 Å². The maximum absolute atomic E-state index is 14.2. The van der Waals surface area contributed by atoms with Crippen LogP contribution in [0.2, 0.25) is 5.02 Å². The molecule has 1 aliphatic carbocycles. The highest BCUT2D eigenvalue weighted by atomic mass is 35.5. The molecule has 0 saturated heterocycles. The molecule has 0 radical (unpaired) electrons. The van der Waals surface area contributed by atoms with E-state index in [1.54, 1.807) is 12.3 Å². The van der Waals surface area contributed by atoms with Gasteiger partial charge in [-0.3, -0.25) is 0 Å². The fourth-order valence-corrected chi connectivity index (χ4v) is 3.74. The second-order valence-electron chi connectivity index (χ2n) is 7.95. The molecule has 0 aliphatic heterocycles. The number of nitrogens with zero attached hydrogens (tertiary/aromatic N) is 4. The predicted molar refractivity (Wildman–Crippen MR) is 120 cm³/mol. The van der Waals surface area contributed by atoms with Crippen LogP contribution in [0.3, 0.4) is 0 Å². The largest absolute Gasteiger partial charge is 0.432 e. The van der Waals surface area contributed by atoms with Crippen molar-refractivity contribution < 1.29 is 8.81 Å². The van der Waals surface area contributed by atoms with Gasteiger partial charge in [0.25, 0.3) is 0 Å². The van der Waals surface area contributed by atoms with Crippen LogP contribution < -0.4 is 5.69 Å². The van der Waals surface area contributed by atoms with Crippen molar-refractivity contribution in [1.29, 1.82) is 0 Å². The Labute approximate surface area is 188 Å². The summed E-state index contributed by atoms with van der Waals surface area (Å²) in [6.45, 7) is 3.98. The number of benzene rings is 1. The molecule has 8 heteroatoms. The molecule has 0 bridgehead atoms. The molecular formula is C24H20ClFN4O2. The second kappa shape index (κ2) is 7.98. The average molecular weight is 451 g/mol. The molecule has 3 heterocycles. The fraction of sp³-hybridized carbons (Fsp3) is 0.250. The summed E-state index contributed by atoms with van der Waals surface area (Å²) >= 11 is 5.86. The summed E-state index contributed by atoms with van der Waals surface area (Å²) in [5, 5.41) is -0.00408. The van der Waals surface area contributed by atoms with E-state index in [2.05, 4.69) is 15.0 Å². The molecular weight excluding hydrogens is 431 g/mol. The van der Waals surface area contributed by atoms with Crippen LogP contribution in [0.5, 0.6) is 0 Å². The molecule has 3 aromatic heterocycles. The quantitative estimate of drug-likeness (QED) is 0.402. The first-order valence-corrected chi connectivity index (χ1v) is 10.8. The van der Waals surface area contributed by atoms with Crippen LogP contribution >= 0.6 is 11.6 Å². The third-order valence-electron chi connectivity index (χ3n) is 5.44. The molecule has 0 N–H and O–H groups in total. The van der Waals surface area contributed by atoms with Gasteiger partial charge >= 0.3 is 5.69 Å². The van der Waals surface area contributed by atoms with Gasteiger partial charge in [-0.1, -0.05) is 18.5 Å². The Kier molecular flexibility index (Phi) is 5.13. The number of oxazole rings is 1. The minimum absolute atomic E-state index is 0.00408. The number of halogens is 2. The van der Waals surface area contributed by atoms with Gasteiger partial charge in [0.15, 0.2) is 11.6 Å². The number of aromatic nitrogens is 4. The first-order chi connectivity index (χ1) is 15.4. The van der Waals surface area contributed by atoms with E-state index in [9.17, 15) is 9.18 Å². The standard InChI is InChI=1S/C24H20ClFN4O2/c1-3-16-10-13(2)11-20(27-16)23-29-22(21(32-23)15-6-7-17(25)18(26)12-15)30-9-8-19(14-4-5-14)28-24(30)31/h6-12,14H,3-5H2,1-2H3. The minimum atomic E-state index is -0.593. The van der Waals surface area contributed by atoms with Crippen molar-refractivity contribution in [3.8, 4) is 28.7 Å². The summed E-state index contributed by atoms with van der Waals surface area (Å²) in [5.74, 6) is 0.452. The van der Waals surface area contributed by atoms with Crippen LogP contribution in [0.15, 0.2) is 51.8 Å². The van der Waals surface area contributed by atoms with Crippen LogP contribution in [0.4, 0.5) is 4.39 Å². The van der Waals surface area contributed by atoms with E-state index in [1.807, 2.05) is 32.0 Å². The molecule has 1 aromatic carbocycles. The molecule has 4 aromatic rings. The number of pyridine rings is 1. The lowest BCUT2D eigenvalue weighted by molar-refractivity contribution is 0.582. The summed E-state index contributed by atoms with van der Waals surface area (Å²) in [6, 6.07) is 9.99. The third-order valence-corrected chi connectivity index (χ3v) is 5.75. The molecule has 0 unspecified atom stereocenters. The van der Waals surface area contributed by atoms with E-state index < -0.39 is 11.5 Å². The first-order valence-electron chi connectivity index (χ1n) is 10.5. The van der Waals surface area contributed by atoms with E-state index >= 15 is 0 Å². The monoisotopic (exact) mass is 450 g/mol. The molecule has 0 spiro atoms. The Morgan fingerprint density at radius 2 is 1.97 bits per heavy atom. The predicted octanol–water partition coefficient (Wildman–Crippen LogP) is 5.49. The normalized spacial score (nSPS) is 13.5. The number of rotatable bonds is 5. The summed E-state index contributed by atoms with van der Waals surface area (Å²) in [6.07, 6.45) is 4.47. The van der Waals surface area contributed by atoms with Crippen molar-refractivity contribution in [2.75, 3.05) is 0 Å². The fourth-order valence-electron chi connectivity index (χ4n) is 3.62. The smallest absolute Gasteiger partial charge is 0.353 e. The van der Waals surface area contributed by atoms with Crippen LogP contribution in [0, 0.1) is 12.7 Å². The zero-order chi connectivity index (χ0) is 22.4. The summed E-state index contributed by atoms with van der Waals surface area (Å²) in [5.41, 5.74) is 3.17. The van der Waals surface area contributed by atoms with Gasteiger partial charge in [0, 0.05) is 23.4 Å². The van der Waals surface area contributed by atoms with E-state index in [0.717, 1.165) is 36.2 Å². The van der Waals surface area contributed by atoms with Crippen molar-refractivity contribution >= 4 is 11.6 Å². The van der Waals surface area contributed by atoms with Gasteiger partial charge in [-0.2, -0.15) is 9.97 Å². The third kappa shape index (κ3) is 3.84. The van der Waals surface area contributed by atoms with Gasteiger partial charge in [-0.15, -0.1) is 0 Å². The Balaban J connectivity index is 1.70. The Bertz CT molecular complexity index is 1390. The molecule has 1 aliphatic rings. The lowest BCUT2D eigenvalue weighted by atomic mass is 10.1. The molecule has 1 saturated carbocycles.